The molecule has 138 valence electrons. The van der Waals surface area contributed by atoms with Gasteiger partial charge in [0.15, 0.2) is 5.13 Å². The van der Waals surface area contributed by atoms with E-state index in [-0.39, 0.29) is 11.9 Å². The molecule has 2 aromatic rings. The van der Waals surface area contributed by atoms with Crippen molar-refractivity contribution < 1.29 is 9.59 Å². The van der Waals surface area contributed by atoms with Gasteiger partial charge in [0.05, 0.1) is 0 Å². The lowest BCUT2D eigenvalue weighted by molar-refractivity contribution is 0.0953. The Hall–Kier alpha value is -2.61. The molecule has 0 aliphatic carbocycles. The summed E-state index contributed by atoms with van der Waals surface area (Å²) in [4.78, 5) is 32.5. The standard InChI is InChI=1S/C18H23N5O2S/c1-14-2-4-15(5-3-14)16(24)19-6-7-20-17(25)22-9-11-23(12-10-22)18-21-8-13-26-18/h2-5,8,13H,6-7,9-12H2,1H3,(H,19,24)(H,20,25). The van der Waals surface area contributed by atoms with Crippen LogP contribution in [0.2, 0.25) is 0 Å². The third-order valence-electron chi connectivity index (χ3n) is 4.26. The molecule has 1 aromatic carbocycles. The highest BCUT2D eigenvalue weighted by Gasteiger charge is 2.21. The first-order valence-electron chi connectivity index (χ1n) is 8.65. The second kappa shape index (κ2) is 8.66. The number of aryl methyl sites for hydroxylation is 1. The van der Waals surface area contributed by atoms with Gasteiger partial charge >= 0.3 is 6.03 Å². The quantitative estimate of drug-likeness (QED) is 0.783. The van der Waals surface area contributed by atoms with Crippen LogP contribution in [0.1, 0.15) is 15.9 Å². The van der Waals surface area contributed by atoms with Gasteiger partial charge in [0, 0.05) is 56.4 Å². The molecule has 1 aromatic heterocycles. The average molecular weight is 373 g/mol. The third kappa shape index (κ3) is 4.72. The van der Waals surface area contributed by atoms with Crippen molar-refractivity contribution in [3.8, 4) is 0 Å². The lowest BCUT2D eigenvalue weighted by Crippen LogP contribution is -2.52. The number of carbonyl (C=O) groups excluding carboxylic acids is 2. The molecule has 0 spiro atoms. The van der Waals surface area contributed by atoms with Crippen molar-refractivity contribution in [2.45, 2.75) is 6.92 Å². The minimum Gasteiger partial charge on any atom is -0.350 e. The summed E-state index contributed by atoms with van der Waals surface area (Å²) in [5.41, 5.74) is 1.74. The van der Waals surface area contributed by atoms with Crippen LogP contribution in [0.25, 0.3) is 0 Å². The summed E-state index contributed by atoms with van der Waals surface area (Å²) in [5.74, 6) is -0.128. The summed E-state index contributed by atoms with van der Waals surface area (Å²) in [6, 6.07) is 7.31. The SMILES string of the molecule is Cc1ccc(C(=O)NCCNC(=O)N2CCN(c3nccs3)CC2)cc1. The molecule has 3 rings (SSSR count). The van der Waals surface area contributed by atoms with Crippen LogP contribution >= 0.6 is 11.3 Å². The molecule has 0 saturated carbocycles. The summed E-state index contributed by atoms with van der Waals surface area (Å²) >= 11 is 1.61. The number of thiazole rings is 1. The summed E-state index contributed by atoms with van der Waals surface area (Å²) in [6.07, 6.45) is 1.80. The van der Waals surface area contributed by atoms with Crippen molar-refractivity contribution in [3.63, 3.8) is 0 Å². The van der Waals surface area contributed by atoms with Crippen molar-refractivity contribution in [2.24, 2.45) is 0 Å². The van der Waals surface area contributed by atoms with E-state index in [4.69, 9.17) is 0 Å². The van der Waals surface area contributed by atoms with Gasteiger partial charge in [0.1, 0.15) is 0 Å². The molecule has 0 radical (unpaired) electrons. The van der Waals surface area contributed by atoms with Gasteiger partial charge in [-0.15, -0.1) is 11.3 Å². The van der Waals surface area contributed by atoms with Gasteiger partial charge in [-0.1, -0.05) is 17.7 Å². The van der Waals surface area contributed by atoms with Gasteiger partial charge in [0.2, 0.25) is 0 Å². The van der Waals surface area contributed by atoms with Crippen molar-refractivity contribution >= 4 is 28.4 Å². The van der Waals surface area contributed by atoms with Crippen molar-refractivity contribution in [1.29, 1.82) is 0 Å². The van der Waals surface area contributed by atoms with Crippen LogP contribution in [0.5, 0.6) is 0 Å². The van der Waals surface area contributed by atoms with E-state index in [0.29, 0.717) is 31.7 Å². The van der Waals surface area contributed by atoms with Crippen molar-refractivity contribution in [3.05, 3.63) is 47.0 Å². The molecule has 8 heteroatoms. The third-order valence-corrected chi connectivity index (χ3v) is 5.09. The number of benzene rings is 1. The highest BCUT2D eigenvalue weighted by atomic mass is 32.1. The Morgan fingerprint density at radius 2 is 1.77 bits per heavy atom. The first-order valence-corrected chi connectivity index (χ1v) is 9.53. The molecule has 0 bridgehead atoms. The highest BCUT2D eigenvalue weighted by Crippen LogP contribution is 2.18. The number of rotatable bonds is 5. The largest absolute Gasteiger partial charge is 0.350 e. The number of amides is 3. The molecule has 7 nitrogen and oxygen atoms in total. The van der Waals surface area contributed by atoms with Gasteiger partial charge in [0.25, 0.3) is 5.91 Å². The van der Waals surface area contributed by atoms with E-state index < -0.39 is 0 Å². The fourth-order valence-electron chi connectivity index (χ4n) is 2.74. The number of piperazine rings is 1. The molecule has 3 amide bonds. The number of carbonyl (C=O) groups is 2. The van der Waals surface area contributed by atoms with Crippen LogP contribution in [-0.2, 0) is 0 Å². The molecule has 26 heavy (non-hydrogen) atoms. The zero-order chi connectivity index (χ0) is 18.4. The molecular formula is C18H23N5O2S. The maximum atomic E-state index is 12.2. The maximum absolute atomic E-state index is 12.2. The van der Waals surface area contributed by atoms with Crippen LogP contribution in [0.15, 0.2) is 35.8 Å². The second-order valence-electron chi connectivity index (χ2n) is 6.14. The summed E-state index contributed by atoms with van der Waals surface area (Å²) in [6.45, 7) is 5.69. The van der Waals surface area contributed by atoms with E-state index in [1.54, 1.807) is 34.6 Å². The Morgan fingerprint density at radius 3 is 2.42 bits per heavy atom. The van der Waals surface area contributed by atoms with Crippen LogP contribution in [0.4, 0.5) is 9.93 Å². The Balaban J connectivity index is 1.34. The Morgan fingerprint density at radius 1 is 1.08 bits per heavy atom. The Labute approximate surface area is 157 Å². The zero-order valence-electron chi connectivity index (χ0n) is 14.8. The molecular weight excluding hydrogens is 350 g/mol. The molecule has 1 aliphatic rings. The molecule has 0 atom stereocenters. The normalized spacial score (nSPS) is 14.2. The fourth-order valence-corrected chi connectivity index (χ4v) is 3.43. The van der Waals surface area contributed by atoms with Crippen LogP contribution in [-0.4, -0.2) is 61.1 Å². The number of nitrogens with one attached hydrogen (secondary N) is 2. The van der Waals surface area contributed by atoms with E-state index in [2.05, 4.69) is 20.5 Å². The van der Waals surface area contributed by atoms with Gasteiger partial charge in [-0.3, -0.25) is 4.79 Å². The van der Waals surface area contributed by atoms with Crippen molar-refractivity contribution in [1.82, 2.24) is 20.5 Å². The van der Waals surface area contributed by atoms with E-state index in [9.17, 15) is 9.59 Å². The summed E-state index contributed by atoms with van der Waals surface area (Å²) in [7, 11) is 0. The predicted octanol–water partition coefficient (Wildman–Crippen LogP) is 1.71. The first-order chi connectivity index (χ1) is 12.6. The van der Waals surface area contributed by atoms with Gasteiger partial charge < -0.3 is 20.4 Å². The zero-order valence-corrected chi connectivity index (χ0v) is 15.6. The Bertz CT molecular complexity index is 725. The lowest BCUT2D eigenvalue weighted by Gasteiger charge is -2.34. The monoisotopic (exact) mass is 373 g/mol. The molecule has 2 N–H and O–H groups in total. The predicted molar refractivity (Wildman–Crippen MR) is 103 cm³/mol. The van der Waals surface area contributed by atoms with E-state index in [1.807, 2.05) is 24.4 Å². The smallest absolute Gasteiger partial charge is 0.317 e. The molecule has 1 saturated heterocycles. The minimum atomic E-state index is -0.128. The van der Waals surface area contributed by atoms with E-state index >= 15 is 0 Å². The molecule has 0 unspecified atom stereocenters. The van der Waals surface area contributed by atoms with Gasteiger partial charge in [-0.25, -0.2) is 9.78 Å². The average Bonchev–Trinajstić information content (AvgIpc) is 3.20. The van der Waals surface area contributed by atoms with E-state index in [0.717, 1.165) is 23.8 Å². The Kier molecular flexibility index (Phi) is 6.06. The van der Waals surface area contributed by atoms with Gasteiger partial charge in [-0.2, -0.15) is 0 Å². The number of aromatic nitrogens is 1. The minimum absolute atomic E-state index is 0.0895. The topological polar surface area (TPSA) is 77.6 Å². The van der Waals surface area contributed by atoms with Crippen molar-refractivity contribution in [2.75, 3.05) is 44.2 Å². The van der Waals surface area contributed by atoms with Gasteiger partial charge in [-0.05, 0) is 19.1 Å². The van der Waals surface area contributed by atoms with Crippen LogP contribution < -0.4 is 15.5 Å². The number of urea groups is 1. The summed E-state index contributed by atoms with van der Waals surface area (Å²) < 4.78 is 0. The highest BCUT2D eigenvalue weighted by molar-refractivity contribution is 7.13. The van der Waals surface area contributed by atoms with E-state index in [1.165, 1.54) is 0 Å². The number of anilines is 1. The second-order valence-corrected chi connectivity index (χ2v) is 7.02. The number of nitrogens with zero attached hydrogens (tertiary/aromatic N) is 3. The molecule has 1 fully saturated rings. The van der Waals surface area contributed by atoms with Crippen LogP contribution in [0, 0.1) is 6.92 Å². The van der Waals surface area contributed by atoms with Crippen LogP contribution in [0.3, 0.4) is 0 Å². The molecule has 2 heterocycles. The maximum Gasteiger partial charge on any atom is 0.317 e. The molecule has 1 aliphatic heterocycles. The first kappa shape index (κ1) is 18.2. The lowest BCUT2D eigenvalue weighted by atomic mass is 10.1. The number of hydrogen-bond donors (Lipinski definition) is 2. The summed E-state index contributed by atoms with van der Waals surface area (Å²) in [5, 5.41) is 8.63. The number of hydrogen-bond acceptors (Lipinski definition) is 5. The fraction of sp³-hybridized carbons (Fsp3) is 0.389.